The lowest BCUT2D eigenvalue weighted by atomic mass is 10.1. The molecular weight excluding hydrogens is 228 g/mol. The smallest absolute Gasteiger partial charge is 0.244 e. The summed E-state index contributed by atoms with van der Waals surface area (Å²) in [5.41, 5.74) is 1.71. The summed E-state index contributed by atoms with van der Waals surface area (Å²) in [5, 5.41) is 2.79. The normalized spacial score (nSPS) is 14.2. The third-order valence-electron chi connectivity index (χ3n) is 2.82. The zero-order chi connectivity index (χ0) is 13.0. The molecule has 1 aliphatic rings. The average molecular weight is 242 g/mol. The number of nitrogens with zero attached hydrogens (tertiary/aromatic N) is 1. The van der Waals surface area contributed by atoms with Crippen molar-refractivity contribution >= 4 is 17.5 Å². The first-order valence-corrected chi connectivity index (χ1v) is 5.79. The van der Waals surface area contributed by atoms with Gasteiger partial charge in [0.05, 0.1) is 0 Å². The van der Waals surface area contributed by atoms with Gasteiger partial charge in [0, 0.05) is 25.1 Å². The van der Waals surface area contributed by atoms with E-state index in [9.17, 15) is 9.59 Å². The number of rotatable bonds is 2. The second-order valence-electron chi connectivity index (χ2n) is 4.16. The Bertz CT molecular complexity index is 517. The molecule has 18 heavy (non-hydrogen) atoms. The molecule has 4 heteroatoms. The van der Waals surface area contributed by atoms with Gasteiger partial charge in [0.2, 0.25) is 11.8 Å². The van der Waals surface area contributed by atoms with Crippen LogP contribution in [0.25, 0.3) is 0 Å². The van der Waals surface area contributed by atoms with Gasteiger partial charge in [0.25, 0.3) is 0 Å². The summed E-state index contributed by atoms with van der Waals surface area (Å²) in [6.07, 6.45) is 5.83. The van der Waals surface area contributed by atoms with E-state index in [0.717, 1.165) is 11.3 Å². The fourth-order valence-electron chi connectivity index (χ4n) is 1.92. The Morgan fingerprint density at radius 2 is 2.17 bits per heavy atom. The van der Waals surface area contributed by atoms with Crippen molar-refractivity contribution in [1.29, 1.82) is 0 Å². The molecule has 0 fully saturated rings. The molecule has 2 rings (SSSR count). The van der Waals surface area contributed by atoms with E-state index in [1.807, 2.05) is 24.3 Å². The van der Waals surface area contributed by atoms with E-state index in [4.69, 9.17) is 6.42 Å². The highest BCUT2D eigenvalue weighted by molar-refractivity contribution is 5.96. The Labute approximate surface area is 106 Å². The Hall–Kier alpha value is -2.28. The maximum atomic E-state index is 11.9. The largest absolute Gasteiger partial charge is 0.329 e. The number of anilines is 1. The zero-order valence-electron chi connectivity index (χ0n) is 9.98. The van der Waals surface area contributed by atoms with Crippen LogP contribution in [-0.2, 0) is 16.1 Å². The van der Waals surface area contributed by atoms with Crippen molar-refractivity contribution < 1.29 is 9.59 Å². The molecule has 0 bridgehead atoms. The van der Waals surface area contributed by atoms with Crippen LogP contribution in [0.4, 0.5) is 5.69 Å². The van der Waals surface area contributed by atoms with Crippen LogP contribution in [0.15, 0.2) is 24.3 Å². The molecule has 0 unspecified atom stereocenters. The highest BCUT2D eigenvalue weighted by Gasteiger charge is 2.22. The number of hydrogen-bond acceptors (Lipinski definition) is 2. The second kappa shape index (κ2) is 5.37. The Kier molecular flexibility index (Phi) is 3.63. The highest BCUT2D eigenvalue weighted by Crippen LogP contribution is 2.20. The fourth-order valence-corrected chi connectivity index (χ4v) is 1.92. The Morgan fingerprint density at radius 1 is 1.39 bits per heavy atom. The lowest BCUT2D eigenvalue weighted by molar-refractivity contribution is -0.135. The van der Waals surface area contributed by atoms with Crippen LogP contribution >= 0.6 is 0 Å². The lowest BCUT2D eigenvalue weighted by Crippen LogP contribution is -2.35. The number of nitrogens with one attached hydrogen (secondary N) is 1. The molecule has 2 amide bonds. The van der Waals surface area contributed by atoms with Crippen LogP contribution in [-0.4, -0.2) is 23.3 Å². The molecular formula is C14H14N2O2. The Balaban J connectivity index is 2.18. The van der Waals surface area contributed by atoms with E-state index < -0.39 is 0 Å². The molecule has 0 spiro atoms. The summed E-state index contributed by atoms with van der Waals surface area (Å²) in [6.45, 7) is 0.524. The second-order valence-corrected chi connectivity index (χ2v) is 4.16. The van der Waals surface area contributed by atoms with Crippen molar-refractivity contribution in [3.63, 3.8) is 0 Å². The molecule has 92 valence electrons. The number of para-hydroxylation sites is 1. The van der Waals surface area contributed by atoms with Gasteiger partial charge in [-0.25, -0.2) is 0 Å². The van der Waals surface area contributed by atoms with Crippen molar-refractivity contribution in [2.24, 2.45) is 0 Å². The van der Waals surface area contributed by atoms with E-state index >= 15 is 0 Å². The number of fused-ring (bicyclic) bond motifs is 1. The zero-order valence-corrected chi connectivity index (χ0v) is 9.98. The van der Waals surface area contributed by atoms with Crippen LogP contribution in [0.5, 0.6) is 0 Å². The first kappa shape index (κ1) is 12.2. The van der Waals surface area contributed by atoms with Crippen LogP contribution in [0.1, 0.15) is 18.4 Å². The van der Waals surface area contributed by atoms with Gasteiger partial charge in [-0.3, -0.25) is 9.59 Å². The van der Waals surface area contributed by atoms with Gasteiger partial charge in [-0.15, -0.1) is 12.3 Å². The van der Waals surface area contributed by atoms with Gasteiger partial charge in [0.15, 0.2) is 0 Å². The van der Waals surface area contributed by atoms with Gasteiger partial charge in [-0.2, -0.15) is 0 Å². The topological polar surface area (TPSA) is 49.4 Å². The summed E-state index contributed by atoms with van der Waals surface area (Å²) >= 11 is 0. The van der Waals surface area contributed by atoms with Crippen molar-refractivity contribution in [3.8, 4) is 12.3 Å². The van der Waals surface area contributed by atoms with Crippen LogP contribution in [0.2, 0.25) is 0 Å². The molecule has 0 radical (unpaired) electrons. The summed E-state index contributed by atoms with van der Waals surface area (Å²) in [5.74, 6) is 2.18. The third-order valence-corrected chi connectivity index (χ3v) is 2.82. The number of carbonyl (C=O) groups excluding carboxylic acids is 2. The van der Waals surface area contributed by atoms with E-state index in [1.165, 1.54) is 0 Å². The summed E-state index contributed by atoms with van der Waals surface area (Å²) < 4.78 is 0. The van der Waals surface area contributed by atoms with E-state index in [2.05, 4.69) is 11.2 Å². The minimum absolute atomic E-state index is 0.0814. The molecule has 1 aromatic carbocycles. The molecule has 4 nitrogen and oxygen atoms in total. The Morgan fingerprint density at radius 3 is 2.94 bits per heavy atom. The number of hydrogen-bond donors (Lipinski definition) is 1. The molecule has 1 aromatic rings. The minimum atomic E-state index is -0.172. The highest BCUT2D eigenvalue weighted by atomic mass is 16.2. The van der Waals surface area contributed by atoms with Gasteiger partial charge >= 0.3 is 0 Å². The predicted molar refractivity (Wildman–Crippen MR) is 68.6 cm³/mol. The molecule has 1 heterocycles. The van der Waals surface area contributed by atoms with Gasteiger partial charge in [-0.1, -0.05) is 18.2 Å². The van der Waals surface area contributed by atoms with Crippen LogP contribution in [0.3, 0.4) is 0 Å². The first-order valence-electron chi connectivity index (χ1n) is 5.79. The monoisotopic (exact) mass is 242 g/mol. The van der Waals surface area contributed by atoms with Crippen LogP contribution in [0, 0.1) is 12.3 Å². The number of carbonyl (C=O) groups is 2. The van der Waals surface area contributed by atoms with Gasteiger partial charge < -0.3 is 10.2 Å². The number of amides is 2. The van der Waals surface area contributed by atoms with Crippen molar-refractivity contribution in [2.75, 3.05) is 11.9 Å². The van der Waals surface area contributed by atoms with Gasteiger partial charge in [0.1, 0.15) is 6.54 Å². The fraction of sp³-hybridized carbons (Fsp3) is 0.286. The minimum Gasteiger partial charge on any atom is -0.329 e. The molecule has 0 saturated heterocycles. The number of benzene rings is 1. The van der Waals surface area contributed by atoms with E-state index in [-0.39, 0.29) is 24.8 Å². The average Bonchev–Trinajstić information content (AvgIpc) is 2.53. The summed E-state index contributed by atoms with van der Waals surface area (Å²) in [7, 11) is 0. The maximum absolute atomic E-state index is 11.9. The third kappa shape index (κ3) is 2.69. The molecule has 0 atom stereocenters. The van der Waals surface area contributed by atoms with E-state index in [0.29, 0.717) is 13.0 Å². The molecule has 1 aliphatic heterocycles. The number of terminal acetylenes is 1. The SMILES string of the molecule is C#CCCC(=O)N1CC(=O)Nc2ccccc2C1. The quantitative estimate of drug-likeness (QED) is 0.796. The lowest BCUT2D eigenvalue weighted by Gasteiger charge is -2.19. The van der Waals surface area contributed by atoms with Crippen molar-refractivity contribution in [2.45, 2.75) is 19.4 Å². The van der Waals surface area contributed by atoms with Crippen molar-refractivity contribution in [1.82, 2.24) is 4.90 Å². The molecule has 0 saturated carbocycles. The summed E-state index contributed by atoms with van der Waals surface area (Å²) in [6, 6.07) is 7.49. The molecule has 0 aliphatic carbocycles. The predicted octanol–water partition coefficient (Wildman–Crippen LogP) is 1.38. The standard InChI is InChI=1S/C14H14N2O2/c1-2-3-8-14(18)16-9-11-6-4-5-7-12(11)15-13(17)10-16/h1,4-7H,3,8-10H2,(H,15,17). The van der Waals surface area contributed by atoms with E-state index in [1.54, 1.807) is 4.90 Å². The molecule has 1 N–H and O–H groups in total. The van der Waals surface area contributed by atoms with Crippen LogP contribution < -0.4 is 5.32 Å². The maximum Gasteiger partial charge on any atom is 0.244 e. The van der Waals surface area contributed by atoms with Crippen molar-refractivity contribution in [3.05, 3.63) is 29.8 Å². The molecule has 0 aromatic heterocycles. The van der Waals surface area contributed by atoms with Gasteiger partial charge in [-0.05, 0) is 11.6 Å². The first-order chi connectivity index (χ1) is 8.70. The summed E-state index contributed by atoms with van der Waals surface area (Å²) in [4.78, 5) is 25.1.